The number of nitrogens with zero attached hydrogens (tertiary/aromatic N) is 3. The summed E-state index contributed by atoms with van der Waals surface area (Å²) in [4.78, 5) is 29.3. The van der Waals surface area contributed by atoms with Gasteiger partial charge in [-0.25, -0.2) is 14.8 Å². The molecule has 126 valence electrons. The number of benzene rings is 1. The first-order valence-electron chi connectivity index (χ1n) is 7.58. The molecule has 1 heterocycles. The number of hydrogen-bond donors (Lipinski definition) is 1. The van der Waals surface area contributed by atoms with Crippen LogP contribution in [0.25, 0.3) is 0 Å². The van der Waals surface area contributed by atoms with Gasteiger partial charge in [-0.15, -0.1) is 0 Å². The Labute approximate surface area is 136 Å². The third-order valence-corrected chi connectivity index (χ3v) is 4.03. The Kier molecular flexibility index (Phi) is 5.57. The van der Waals surface area contributed by atoms with Crippen LogP contribution in [0, 0.1) is 13.8 Å². The Bertz CT molecular complexity index is 591. The van der Waals surface area contributed by atoms with Gasteiger partial charge in [0.05, 0.1) is 26.6 Å². The average Bonchev–Trinajstić information content (AvgIpc) is 2.73. The van der Waals surface area contributed by atoms with E-state index in [1.54, 1.807) is 12.2 Å². The quantitative estimate of drug-likeness (QED) is 0.912. The fraction of sp³-hybridized carbons (Fsp3) is 0.500. The van der Waals surface area contributed by atoms with Gasteiger partial charge in [0.15, 0.2) is 0 Å². The fourth-order valence-corrected chi connectivity index (χ4v) is 2.65. The summed E-state index contributed by atoms with van der Waals surface area (Å²) in [6.45, 7) is 5.30. The summed E-state index contributed by atoms with van der Waals surface area (Å²) >= 11 is 0. The van der Waals surface area contributed by atoms with Crippen LogP contribution < -0.4 is 0 Å². The minimum Gasteiger partial charge on any atom is -0.464 e. The van der Waals surface area contributed by atoms with E-state index < -0.39 is 6.09 Å². The van der Waals surface area contributed by atoms with Crippen molar-refractivity contribution in [3.05, 3.63) is 34.9 Å². The van der Waals surface area contributed by atoms with E-state index in [9.17, 15) is 14.7 Å². The standard InChI is InChI=1S/C16H23N3O4/c1-12-4-5-13(2)14(10-12)11-15(20)18-8-6-17(23-3)7-9-19(18)16(21)22/h4-5,10H,6-9,11H2,1-3H3,(H,21,22). The highest BCUT2D eigenvalue weighted by molar-refractivity contribution is 5.81. The number of carboxylic acid groups (broad SMARTS) is 1. The monoisotopic (exact) mass is 321 g/mol. The first-order valence-corrected chi connectivity index (χ1v) is 7.58. The molecular weight excluding hydrogens is 298 g/mol. The smallest absolute Gasteiger partial charge is 0.426 e. The van der Waals surface area contributed by atoms with Crippen molar-refractivity contribution in [3.63, 3.8) is 0 Å². The summed E-state index contributed by atoms with van der Waals surface area (Å²) in [7, 11) is 1.54. The summed E-state index contributed by atoms with van der Waals surface area (Å²) in [5.74, 6) is -0.223. The molecule has 7 nitrogen and oxygen atoms in total. The highest BCUT2D eigenvalue weighted by atomic mass is 16.7. The van der Waals surface area contributed by atoms with Gasteiger partial charge >= 0.3 is 6.09 Å². The fourth-order valence-electron chi connectivity index (χ4n) is 2.65. The molecule has 23 heavy (non-hydrogen) atoms. The van der Waals surface area contributed by atoms with Crippen LogP contribution in [0.5, 0.6) is 0 Å². The van der Waals surface area contributed by atoms with Gasteiger partial charge in [0, 0.05) is 13.1 Å². The van der Waals surface area contributed by atoms with E-state index in [-0.39, 0.29) is 25.4 Å². The summed E-state index contributed by atoms with van der Waals surface area (Å²) in [5, 5.41) is 13.4. The molecule has 1 aromatic carbocycles. The molecule has 1 aliphatic heterocycles. The molecule has 0 radical (unpaired) electrons. The molecule has 1 N–H and O–H groups in total. The van der Waals surface area contributed by atoms with Crippen LogP contribution in [0.15, 0.2) is 18.2 Å². The number of amides is 2. The van der Waals surface area contributed by atoms with Crippen LogP contribution >= 0.6 is 0 Å². The molecule has 0 aliphatic carbocycles. The lowest BCUT2D eigenvalue weighted by Crippen LogP contribution is -2.50. The number of hydrazine groups is 1. The Hall–Kier alpha value is -2.12. The second kappa shape index (κ2) is 7.43. The average molecular weight is 321 g/mol. The lowest BCUT2D eigenvalue weighted by molar-refractivity contribution is -0.144. The molecule has 2 rings (SSSR count). The van der Waals surface area contributed by atoms with Crippen molar-refractivity contribution < 1.29 is 19.5 Å². The molecule has 0 unspecified atom stereocenters. The lowest BCUT2D eigenvalue weighted by Gasteiger charge is -2.30. The Morgan fingerprint density at radius 1 is 1.13 bits per heavy atom. The molecule has 0 aromatic heterocycles. The molecule has 1 saturated heterocycles. The second-order valence-electron chi connectivity index (χ2n) is 5.64. The lowest BCUT2D eigenvalue weighted by atomic mass is 10.0. The summed E-state index contributed by atoms with van der Waals surface area (Å²) < 4.78 is 0. The number of rotatable bonds is 3. The van der Waals surface area contributed by atoms with E-state index in [1.165, 1.54) is 5.01 Å². The van der Waals surface area contributed by atoms with Crippen LogP contribution in [-0.2, 0) is 16.1 Å². The van der Waals surface area contributed by atoms with Gasteiger partial charge in [0.2, 0.25) is 5.91 Å². The maximum atomic E-state index is 12.7. The first kappa shape index (κ1) is 17.2. The van der Waals surface area contributed by atoms with Gasteiger partial charge in [0.25, 0.3) is 0 Å². The molecular formula is C16H23N3O4. The van der Waals surface area contributed by atoms with E-state index in [4.69, 9.17) is 4.84 Å². The molecule has 1 fully saturated rings. The van der Waals surface area contributed by atoms with Crippen molar-refractivity contribution in [3.8, 4) is 0 Å². The summed E-state index contributed by atoms with van der Waals surface area (Å²) in [5.41, 5.74) is 3.03. The van der Waals surface area contributed by atoms with Crippen LogP contribution in [0.2, 0.25) is 0 Å². The van der Waals surface area contributed by atoms with Crippen molar-refractivity contribution in [2.45, 2.75) is 20.3 Å². The molecule has 7 heteroatoms. The highest BCUT2D eigenvalue weighted by Gasteiger charge is 2.29. The van der Waals surface area contributed by atoms with Gasteiger partial charge in [-0.05, 0) is 25.0 Å². The normalized spacial score (nSPS) is 16.3. The van der Waals surface area contributed by atoms with E-state index in [1.807, 2.05) is 32.0 Å². The Balaban J connectivity index is 2.17. The molecule has 0 atom stereocenters. The van der Waals surface area contributed by atoms with E-state index in [0.29, 0.717) is 13.1 Å². The van der Waals surface area contributed by atoms with Crippen LogP contribution in [0.4, 0.5) is 4.79 Å². The maximum absolute atomic E-state index is 12.7. The largest absolute Gasteiger partial charge is 0.464 e. The van der Waals surface area contributed by atoms with Crippen molar-refractivity contribution in [2.75, 3.05) is 33.3 Å². The second-order valence-corrected chi connectivity index (χ2v) is 5.64. The van der Waals surface area contributed by atoms with Gasteiger partial charge < -0.3 is 9.94 Å². The third kappa shape index (κ3) is 4.20. The number of carbonyl (C=O) groups excluding carboxylic acids is 1. The Morgan fingerprint density at radius 2 is 1.78 bits per heavy atom. The van der Waals surface area contributed by atoms with Crippen LogP contribution in [-0.4, -0.2) is 65.5 Å². The van der Waals surface area contributed by atoms with Crippen molar-refractivity contribution in [2.24, 2.45) is 0 Å². The van der Waals surface area contributed by atoms with E-state index in [0.717, 1.165) is 21.7 Å². The van der Waals surface area contributed by atoms with E-state index in [2.05, 4.69) is 0 Å². The predicted octanol–water partition coefficient (Wildman–Crippen LogP) is 1.45. The summed E-state index contributed by atoms with van der Waals surface area (Å²) in [6.07, 6.45) is -0.943. The number of hydroxylamine groups is 2. The topological polar surface area (TPSA) is 73.3 Å². The zero-order chi connectivity index (χ0) is 17.0. The minimum atomic E-state index is -1.13. The van der Waals surface area contributed by atoms with Crippen LogP contribution in [0.1, 0.15) is 16.7 Å². The SMILES string of the molecule is CON1CCN(C(=O)O)N(C(=O)Cc2cc(C)ccc2C)CC1. The maximum Gasteiger partial charge on any atom is 0.426 e. The molecule has 1 aromatic rings. The predicted molar refractivity (Wildman–Crippen MR) is 84.6 cm³/mol. The van der Waals surface area contributed by atoms with Gasteiger partial charge in [-0.3, -0.25) is 4.79 Å². The molecule has 0 saturated carbocycles. The van der Waals surface area contributed by atoms with Crippen LogP contribution in [0.3, 0.4) is 0 Å². The highest BCUT2D eigenvalue weighted by Crippen LogP contribution is 2.14. The van der Waals surface area contributed by atoms with Crippen molar-refractivity contribution in [1.82, 2.24) is 15.1 Å². The minimum absolute atomic E-state index is 0.185. The zero-order valence-electron chi connectivity index (χ0n) is 13.8. The Morgan fingerprint density at radius 3 is 2.39 bits per heavy atom. The van der Waals surface area contributed by atoms with Crippen molar-refractivity contribution in [1.29, 1.82) is 0 Å². The zero-order valence-corrected chi connectivity index (χ0v) is 13.8. The van der Waals surface area contributed by atoms with E-state index >= 15 is 0 Å². The van der Waals surface area contributed by atoms with Gasteiger partial charge in [-0.2, -0.15) is 5.06 Å². The number of aryl methyl sites for hydroxylation is 2. The first-order chi connectivity index (χ1) is 10.9. The van der Waals surface area contributed by atoms with Crippen molar-refractivity contribution >= 4 is 12.0 Å². The summed E-state index contributed by atoms with van der Waals surface area (Å²) in [6, 6.07) is 5.94. The molecule has 0 spiro atoms. The number of carbonyl (C=O) groups is 2. The third-order valence-electron chi connectivity index (χ3n) is 4.03. The number of hydrogen-bond acceptors (Lipinski definition) is 4. The molecule has 1 aliphatic rings. The molecule has 0 bridgehead atoms. The van der Waals surface area contributed by atoms with Gasteiger partial charge in [-0.1, -0.05) is 23.8 Å². The van der Waals surface area contributed by atoms with Gasteiger partial charge in [0.1, 0.15) is 0 Å². The molecule has 2 amide bonds.